The molecule has 0 aliphatic heterocycles. The number of aromatic carboxylic acids is 1. The maximum atomic E-state index is 13.2. The van der Waals surface area contributed by atoms with Gasteiger partial charge in [0.15, 0.2) is 0 Å². The summed E-state index contributed by atoms with van der Waals surface area (Å²) in [5.74, 6) is -1.98. The highest BCUT2D eigenvalue weighted by Crippen LogP contribution is 2.32. The smallest absolute Gasteiger partial charge is 0.338 e. The zero-order chi connectivity index (χ0) is 14.0. The summed E-state index contributed by atoms with van der Waals surface area (Å²) in [4.78, 5) is 22.9. The Balaban J connectivity index is 2.13. The van der Waals surface area contributed by atoms with Crippen molar-refractivity contribution in [3.05, 3.63) is 29.6 Å². The number of benzene rings is 1. The molecule has 1 aromatic rings. The van der Waals surface area contributed by atoms with Gasteiger partial charge in [-0.3, -0.25) is 4.79 Å². The molecule has 1 aliphatic carbocycles. The van der Waals surface area contributed by atoms with E-state index in [1.165, 1.54) is 6.07 Å². The van der Waals surface area contributed by atoms with Crippen molar-refractivity contribution in [1.29, 1.82) is 0 Å². The highest BCUT2D eigenvalue weighted by Gasteiger charge is 2.29. The number of anilines is 1. The van der Waals surface area contributed by atoms with Crippen molar-refractivity contribution >= 4 is 17.6 Å². The number of rotatable bonds is 3. The first-order valence-corrected chi connectivity index (χ1v) is 6.32. The Labute approximate surface area is 110 Å². The summed E-state index contributed by atoms with van der Waals surface area (Å²) >= 11 is 0. The van der Waals surface area contributed by atoms with Gasteiger partial charge in [0.2, 0.25) is 5.91 Å². The van der Waals surface area contributed by atoms with Crippen molar-refractivity contribution in [3.63, 3.8) is 0 Å². The second-order valence-electron chi connectivity index (χ2n) is 5.00. The summed E-state index contributed by atoms with van der Waals surface area (Å²) in [6, 6.07) is 3.58. The third-order valence-electron chi connectivity index (χ3n) is 3.66. The molecule has 0 spiro atoms. The van der Waals surface area contributed by atoms with Gasteiger partial charge < -0.3 is 10.4 Å². The van der Waals surface area contributed by atoms with Gasteiger partial charge in [-0.05, 0) is 37.0 Å². The van der Waals surface area contributed by atoms with Crippen LogP contribution in [0.4, 0.5) is 10.1 Å². The van der Waals surface area contributed by atoms with Crippen LogP contribution in [0.5, 0.6) is 0 Å². The molecule has 1 fully saturated rings. The van der Waals surface area contributed by atoms with Crippen LogP contribution in [-0.4, -0.2) is 17.0 Å². The predicted octanol–water partition coefficient (Wildman–Crippen LogP) is 2.90. The Kier molecular flexibility index (Phi) is 3.83. The van der Waals surface area contributed by atoms with E-state index in [0.29, 0.717) is 11.6 Å². The third-order valence-corrected chi connectivity index (χ3v) is 3.66. The largest absolute Gasteiger partial charge is 0.478 e. The van der Waals surface area contributed by atoms with Crippen molar-refractivity contribution in [3.8, 4) is 0 Å². The molecule has 1 amide bonds. The molecule has 1 aliphatic rings. The van der Waals surface area contributed by atoms with Crippen LogP contribution in [0.2, 0.25) is 0 Å². The van der Waals surface area contributed by atoms with Crippen molar-refractivity contribution in [1.82, 2.24) is 0 Å². The molecule has 2 rings (SSSR count). The maximum Gasteiger partial charge on any atom is 0.338 e. The van der Waals surface area contributed by atoms with Crippen LogP contribution in [0.1, 0.15) is 36.5 Å². The number of hydrogen-bond donors (Lipinski definition) is 2. The number of carbonyl (C=O) groups is 2. The van der Waals surface area contributed by atoms with E-state index >= 15 is 0 Å². The minimum Gasteiger partial charge on any atom is -0.478 e. The zero-order valence-electron chi connectivity index (χ0n) is 10.6. The molecule has 4 nitrogen and oxygen atoms in total. The van der Waals surface area contributed by atoms with Gasteiger partial charge in [0.1, 0.15) is 5.82 Å². The average molecular weight is 265 g/mol. The Morgan fingerprint density at radius 2 is 2.11 bits per heavy atom. The summed E-state index contributed by atoms with van der Waals surface area (Å²) in [6.07, 6.45) is 2.91. The lowest BCUT2D eigenvalue weighted by Crippen LogP contribution is -2.24. The van der Waals surface area contributed by atoms with Crippen LogP contribution < -0.4 is 5.32 Å². The van der Waals surface area contributed by atoms with Crippen LogP contribution in [0.25, 0.3) is 0 Å². The summed E-state index contributed by atoms with van der Waals surface area (Å²) in [7, 11) is 0. The van der Waals surface area contributed by atoms with Gasteiger partial charge in [-0.1, -0.05) is 13.3 Å². The van der Waals surface area contributed by atoms with Crippen molar-refractivity contribution in [2.24, 2.45) is 11.8 Å². The highest BCUT2D eigenvalue weighted by atomic mass is 19.1. The molecule has 0 saturated heterocycles. The van der Waals surface area contributed by atoms with Crippen LogP contribution in [0, 0.1) is 17.7 Å². The number of carbonyl (C=O) groups excluding carboxylic acids is 1. The summed E-state index contributed by atoms with van der Waals surface area (Å²) in [5.41, 5.74) is -0.111. The number of hydrogen-bond acceptors (Lipinski definition) is 2. The molecule has 19 heavy (non-hydrogen) atoms. The normalized spacial score (nSPS) is 22.2. The molecular formula is C14H16FNO3. The van der Waals surface area contributed by atoms with Gasteiger partial charge in [-0.25, -0.2) is 9.18 Å². The molecule has 0 radical (unpaired) electrons. The monoisotopic (exact) mass is 265 g/mol. The molecule has 1 saturated carbocycles. The average Bonchev–Trinajstić information content (AvgIpc) is 2.77. The molecule has 2 unspecified atom stereocenters. The number of halogens is 1. The van der Waals surface area contributed by atoms with E-state index in [1.807, 2.05) is 6.92 Å². The first kappa shape index (κ1) is 13.5. The third kappa shape index (κ3) is 2.92. The van der Waals surface area contributed by atoms with E-state index in [9.17, 15) is 14.0 Å². The van der Waals surface area contributed by atoms with Crippen molar-refractivity contribution < 1.29 is 19.1 Å². The molecule has 2 N–H and O–H groups in total. The lowest BCUT2D eigenvalue weighted by atomic mass is 9.97. The van der Waals surface area contributed by atoms with E-state index in [0.717, 1.165) is 31.4 Å². The van der Waals surface area contributed by atoms with Gasteiger partial charge in [0.25, 0.3) is 0 Å². The Hall–Kier alpha value is -1.91. The molecule has 5 heteroatoms. The molecule has 1 aromatic carbocycles. The zero-order valence-corrected chi connectivity index (χ0v) is 10.6. The highest BCUT2D eigenvalue weighted by molar-refractivity contribution is 5.95. The van der Waals surface area contributed by atoms with E-state index in [-0.39, 0.29) is 11.8 Å². The lowest BCUT2D eigenvalue weighted by Gasteiger charge is -2.15. The van der Waals surface area contributed by atoms with E-state index in [1.54, 1.807) is 0 Å². The fourth-order valence-electron chi connectivity index (χ4n) is 2.54. The van der Waals surface area contributed by atoms with Crippen LogP contribution >= 0.6 is 0 Å². The first-order valence-electron chi connectivity index (χ1n) is 6.32. The quantitative estimate of drug-likeness (QED) is 0.883. The van der Waals surface area contributed by atoms with Gasteiger partial charge in [-0.2, -0.15) is 0 Å². The first-order chi connectivity index (χ1) is 8.99. The number of carboxylic acid groups (broad SMARTS) is 1. The second kappa shape index (κ2) is 5.38. The molecule has 2 atom stereocenters. The van der Waals surface area contributed by atoms with Gasteiger partial charge >= 0.3 is 5.97 Å². The Morgan fingerprint density at radius 1 is 1.37 bits per heavy atom. The van der Waals surface area contributed by atoms with Crippen molar-refractivity contribution in [2.75, 3.05) is 5.32 Å². The maximum absolute atomic E-state index is 13.2. The Morgan fingerprint density at radius 3 is 2.68 bits per heavy atom. The standard InChI is InChI=1S/C14H16FNO3/c1-8-3-2-4-10(8)13(17)16-9-5-6-12(15)11(7-9)14(18)19/h5-8,10H,2-4H2,1H3,(H,16,17)(H,18,19). The fraction of sp³-hybridized carbons (Fsp3) is 0.429. The number of nitrogens with one attached hydrogen (secondary N) is 1. The summed E-state index contributed by atoms with van der Waals surface area (Å²) < 4.78 is 13.2. The van der Waals surface area contributed by atoms with Gasteiger partial charge in [0, 0.05) is 11.6 Å². The minimum absolute atomic E-state index is 0.0432. The minimum atomic E-state index is -1.34. The number of carboxylic acids is 1. The van der Waals surface area contributed by atoms with Crippen LogP contribution in [0.15, 0.2) is 18.2 Å². The Bertz CT molecular complexity index is 515. The van der Waals surface area contributed by atoms with Gasteiger partial charge in [0.05, 0.1) is 5.56 Å². The molecule has 0 bridgehead atoms. The molecular weight excluding hydrogens is 249 g/mol. The predicted molar refractivity (Wildman–Crippen MR) is 68.5 cm³/mol. The van der Waals surface area contributed by atoms with E-state index in [2.05, 4.69) is 5.32 Å². The van der Waals surface area contributed by atoms with E-state index in [4.69, 9.17) is 5.11 Å². The number of amides is 1. The second-order valence-corrected chi connectivity index (χ2v) is 5.00. The topological polar surface area (TPSA) is 66.4 Å². The SMILES string of the molecule is CC1CCCC1C(=O)Nc1ccc(F)c(C(=O)O)c1. The fourth-order valence-corrected chi connectivity index (χ4v) is 2.54. The van der Waals surface area contributed by atoms with Crippen molar-refractivity contribution in [2.45, 2.75) is 26.2 Å². The summed E-state index contributed by atoms with van der Waals surface area (Å²) in [5, 5.41) is 11.5. The van der Waals surface area contributed by atoms with Gasteiger partial charge in [-0.15, -0.1) is 0 Å². The summed E-state index contributed by atoms with van der Waals surface area (Å²) in [6.45, 7) is 2.03. The lowest BCUT2D eigenvalue weighted by molar-refractivity contribution is -0.120. The van der Waals surface area contributed by atoms with Crippen LogP contribution in [0.3, 0.4) is 0 Å². The molecule has 0 aromatic heterocycles. The van der Waals surface area contributed by atoms with E-state index < -0.39 is 17.3 Å². The van der Waals surface area contributed by atoms with Crippen LogP contribution in [-0.2, 0) is 4.79 Å². The molecule has 102 valence electrons. The molecule has 0 heterocycles.